The molecule has 5 nitrogen and oxygen atoms in total. The van der Waals surface area contributed by atoms with Gasteiger partial charge in [-0.2, -0.15) is 0 Å². The van der Waals surface area contributed by atoms with Gasteiger partial charge < -0.3 is 19.4 Å². The number of ether oxygens (including phenoxy) is 1. The first-order valence-electron chi connectivity index (χ1n) is 11.2. The maximum atomic E-state index is 12.4. The van der Waals surface area contributed by atoms with Gasteiger partial charge in [0.15, 0.2) is 0 Å². The Kier molecular flexibility index (Phi) is 7.47. The molecule has 3 rings (SSSR count). The van der Waals surface area contributed by atoms with Crippen LogP contribution in [0.4, 0.5) is 4.79 Å². The van der Waals surface area contributed by atoms with Gasteiger partial charge in [-0.15, -0.1) is 0 Å². The predicted octanol–water partition coefficient (Wildman–Crippen LogP) is 5.75. The summed E-state index contributed by atoms with van der Waals surface area (Å²) in [7, 11) is -0.561. The topological polar surface area (TPSA) is 56.8 Å². The third-order valence-corrected chi connectivity index (χ3v) is 6.16. The third kappa shape index (κ3) is 5.81. The van der Waals surface area contributed by atoms with Gasteiger partial charge in [0.1, 0.15) is 6.61 Å². The van der Waals surface area contributed by atoms with Gasteiger partial charge in [-0.25, -0.2) is 4.79 Å². The summed E-state index contributed by atoms with van der Waals surface area (Å²) in [5.74, 6) is 0.366. The summed E-state index contributed by atoms with van der Waals surface area (Å²) in [5, 5.41) is 2.86. The molecule has 0 spiro atoms. The van der Waals surface area contributed by atoms with Gasteiger partial charge >= 0.3 is 13.2 Å². The number of nitrogens with one attached hydrogen (secondary N) is 1. The SMILES string of the molecule is CC(C)c1ccccc1C=C(CNC(=O)OCc1ccccc1)B1OC(C)(C)C(C)(C)O1. The van der Waals surface area contributed by atoms with Crippen LogP contribution in [0.1, 0.15) is 64.2 Å². The maximum absolute atomic E-state index is 12.4. The lowest BCUT2D eigenvalue weighted by molar-refractivity contribution is 0.00578. The molecule has 0 unspecified atom stereocenters. The van der Waals surface area contributed by atoms with Gasteiger partial charge in [0.25, 0.3) is 0 Å². The van der Waals surface area contributed by atoms with Crippen molar-refractivity contribution < 1.29 is 18.8 Å². The summed E-state index contributed by atoms with van der Waals surface area (Å²) < 4.78 is 17.9. The van der Waals surface area contributed by atoms with Gasteiger partial charge in [0, 0.05) is 6.54 Å². The lowest BCUT2D eigenvalue weighted by Gasteiger charge is -2.32. The van der Waals surface area contributed by atoms with Crippen LogP contribution in [-0.2, 0) is 20.7 Å². The minimum Gasteiger partial charge on any atom is -0.445 e. The summed E-state index contributed by atoms with van der Waals surface area (Å²) in [6, 6.07) is 17.9. The van der Waals surface area contributed by atoms with Gasteiger partial charge in [-0.3, -0.25) is 0 Å². The molecule has 0 atom stereocenters. The largest absolute Gasteiger partial charge is 0.492 e. The van der Waals surface area contributed by atoms with Crippen molar-refractivity contribution in [2.24, 2.45) is 0 Å². The van der Waals surface area contributed by atoms with Crippen molar-refractivity contribution >= 4 is 19.3 Å². The van der Waals surface area contributed by atoms with E-state index in [9.17, 15) is 4.79 Å². The minimum atomic E-state index is -0.561. The van der Waals surface area contributed by atoms with Crippen LogP contribution in [0, 0.1) is 0 Å². The number of alkyl carbamates (subject to hydrolysis) is 1. The molecule has 2 aromatic rings. The molecule has 0 aliphatic carbocycles. The van der Waals surface area contributed by atoms with E-state index in [1.54, 1.807) is 0 Å². The Morgan fingerprint density at radius 3 is 2.22 bits per heavy atom. The number of carbonyl (C=O) groups is 1. The Morgan fingerprint density at radius 2 is 1.59 bits per heavy atom. The lowest BCUT2D eigenvalue weighted by Crippen LogP contribution is -2.41. The molecular weight excluding hydrogens is 401 g/mol. The smallest absolute Gasteiger partial charge is 0.445 e. The quantitative estimate of drug-likeness (QED) is 0.563. The first-order chi connectivity index (χ1) is 15.1. The summed E-state index contributed by atoms with van der Waals surface area (Å²) in [6.07, 6.45) is 1.59. The van der Waals surface area contributed by atoms with E-state index in [0.29, 0.717) is 5.92 Å². The molecule has 1 aliphatic rings. The van der Waals surface area contributed by atoms with E-state index >= 15 is 0 Å². The van der Waals surface area contributed by atoms with Crippen LogP contribution in [0.3, 0.4) is 0 Å². The zero-order chi connectivity index (χ0) is 23.4. The van der Waals surface area contributed by atoms with E-state index in [2.05, 4.69) is 37.4 Å². The highest BCUT2D eigenvalue weighted by atomic mass is 16.7. The molecule has 0 aromatic heterocycles. The van der Waals surface area contributed by atoms with E-state index in [-0.39, 0.29) is 13.2 Å². The molecule has 2 aromatic carbocycles. The van der Waals surface area contributed by atoms with Crippen molar-refractivity contribution in [1.82, 2.24) is 5.32 Å². The van der Waals surface area contributed by atoms with Crippen molar-refractivity contribution in [3.8, 4) is 0 Å². The van der Waals surface area contributed by atoms with Crippen molar-refractivity contribution in [3.05, 3.63) is 76.8 Å². The normalized spacial score (nSPS) is 17.5. The standard InChI is InChI=1S/C26H34BNO4/c1-19(2)23-15-11-10-14-21(23)16-22(27-31-25(3,4)26(5,6)32-27)17-28-24(29)30-18-20-12-8-7-9-13-20/h7-16,19H,17-18H2,1-6H3,(H,28,29). The first kappa shape index (κ1) is 24.1. The molecule has 1 amide bonds. The minimum absolute atomic E-state index is 0.221. The molecule has 1 saturated heterocycles. The van der Waals surface area contributed by atoms with Crippen molar-refractivity contribution in [3.63, 3.8) is 0 Å². The maximum Gasteiger partial charge on any atom is 0.492 e. The van der Waals surface area contributed by atoms with Crippen LogP contribution in [0.5, 0.6) is 0 Å². The predicted molar refractivity (Wildman–Crippen MR) is 129 cm³/mol. The molecule has 0 radical (unpaired) electrons. The van der Waals surface area contributed by atoms with Crippen LogP contribution >= 0.6 is 0 Å². The number of carbonyl (C=O) groups excluding carboxylic acids is 1. The number of hydrogen-bond donors (Lipinski definition) is 1. The van der Waals surface area contributed by atoms with Crippen LogP contribution in [0.15, 0.2) is 60.1 Å². The second-order valence-corrected chi connectivity index (χ2v) is 9.51. The third-order valence-electron chi connectivity index (χ3n) is 6.16. The Labute approximate surface area is 192 Å². The van der Waals surface area contributed by atoms with E-state index in [4.69, 9.17) is 14.0 Å². The fraction of sp³-hybridized carbons (Fsp3) is 0.423. The number of benzene rings is 2. The van der Waals surface area contributed by atoms with Gasteiger partial charge in [0.2, 0.25) is 0 Å². The highest BCUT2D eigenvalue weighted by molar-refractivity contribution is 6.56. The Balaban J connectivity index is 1.78. The molecule has 32 heavy (non-hydrogen) atoms. The molecule has 1 aliphatic heterocycles. The Morgan fingerprint density at radius 1 is 1.00 bits per heavy atom. The molecule has 0 bridgehead atoms. The van der Waals surface area contributed by atoms with Crippen LogP contribution in [0.2, 0.25) is 0 Å². The second-order valence-electron chi connectivity index (χ2n) is 9.51. The Hall–Kier alpha value is -2.57. The van der Waals surface area contributed by atoms with Crippen LogP contribution in [0.25, 0.3) is 6.08 Å². The summed E-state index contributed by atoms with van der Waals surface area (Å²) in [5.41, 5.74) is 3.16. The van der Waals surface area contributed by atoms with E-state index in [1.165, 1.54) is 5.56 Å². The zero-order valence-electron chi connectivity index (χ0n) is 20.0. The summed E-state index contributed by atoms with van der Waals surface area (Å²) >= 11 is 0. The summed E-state index contributed by atoms with van der Waals surface area (Å²) in [6.45, 7) is 12.9. The van der Waals surface area contributed by atoms with Gasteiger partial charge in [-0.05, 0) is 55.8 Å². The summed E-state index contributed by atoms with van der Waals surface area (Å²) in [4.78, 5) is 12.4. The molecule has 6 heteroatoms. The molecule has 1 fully saturated rings. The van der Waals surface area contributed by atoms with Gasteiger partial charge in [0.05, 0.1) is 11.2 Å². The molecule has 170 valence electrons. The fourth-order valence-corrected chi connectivity index (χ4v) is 3.51. The number of rotatable bonds is 7. The van der Waals surface area contributed by atoms with E-state index in [1.807, 2.05) is 70.2 Å². The highest BCUT2D eigenvalue weighted by Crippen LogP contribution is 2.39. The number of hydrogen-bond acceptors (Lipinski definition) is 4. The number of amides is 1. The van der Waals surface area contributed by atoms with Crippen LogP contribution in [-0.4, -0.2) is 31.0 Å². The molecule has 0 saturated carbocycles. The van der Waals surface area contributed by atoms with Crippen molar-refractivity contribution in [2.45, 2.75) is 65.3 Å². The van der Waals surface area contributed by atoms with E-state index < -0.39 is 24.4 Å². The second kappa shape index (κ2) is 9.93. The average Bonchev–Trinajstić information content (AvgIpc) is 2.97. The van der Waals surface area contributed by atoms with E-state index in [0.717, 1.165) is 16.6 Å². The lowest BCUT2D eigenvalue weighted by atomic mass is 9.76. The van der Waals surface area contributed by atoms with Crippen molar-refractivity contribution in [2.75, 3.05) is 6.54 Å². The molecule has 1 heterocycles. The average molecular weight is 435 g/mol. The zero-order valence-corrected chi connectivity index (χ0v) is 20.0. The van der Waals surface area contributed by atoms with Crippen LogP contribution < -0.4 is 5.32 Å². The molecular formula is C26H34BNO4. The fourth-order valence-electron chi connectivity index (χ4n) is 3.51. The highest BCUT2D eigenvalue weighted by Gasteiger charge is 2.52. The first-order valence-corrected chi connectivity index (χ1v) is 11.2. The van der Waals surface area contributed by atoms with Gasteiger partial charge in [-0.1, -0.05) is 74.5 Å². The van der Waals surface area contributed by atoms with Crippen molar-refractivity contribution in [1.29, 1.82) is 0 Å². The molecule has 1 N–H and O–H groups in total. The Bertz CT molecular complexity index is 937. The monoisotopic (exact) mass is 435 g/mol.